The molecule has 1 aliphatic rings. The third-order valence-electron chi connectivity index (χ3n) is 4.34. The van der Waals surface area contributed by atoms with E-state index in [0.29, 0.717) is 5.57 Å². The lowest BCUT2D eigenvalue weighted by Crippen LogP contribution is -2.52. The number of nitrogen functional groups attached to an aromatic ring is 1. The van der Waals surface area contributed by atoms with E-state index in [9.17, 15) is 19.3 Å². The van der Waals surface area contributed by atoms with Crippen LogP contribution in [0.4, 0.5) is 5.69 Å². The van der Waals surface area contributed by atoms with Gasteiger partial charge >= 0.3 is 19.8 Å². The molecule has 1 heterocycles. The first-order chi connectivity index (χ1) is 14.0. The number of anilines is 1. The summed E-state index contributed by atoms with van der Waals surface area (Å²) >= 11 is 0. The first-order valence-corrected chi connectivity index (χ1v) is 10.5. The van der Waals surface area contributed by atoms with E-state index in [0.717, 1.165) is 0 Å². The van der Waals surface area contributed by atoms with Gasteiger partial charge in [-0.15, -0.1) is 0 Å². The van der Waals surface area contributed by atoms with Gasteiger partial charge in [0.25, 0.3) is 0 Å². The predicted molar refractivity (Wildman–Crippen MR) is 103 cm³/mol. The summed E-state index contributed by atoms with van der Waals surface area (Å²) in [4.78, 5) is 42.4. The van der Waals surface area contributed by atoms with E-state index in [-0.39, 0.29) is 17.7 Å². The second-order valence-corrected chi connectivity index (χ2v) is 7.72. The molecule has 4 atom stereocenters. The summed E-state index contributed by atoms with van der Waals surface area (Å²) < 4.78 is 31.6. The Kier molecular flexibility index (Phi) is 8.13. The number of carbonyl (C=O) groups excluding carboxylic acids is 2. The Bertz CT molecular complexity index is 851. The van der Waals surface area contributed by atoms with Crippen LogP contribution in [0.3, 0.4) is 0 Å². The number of benzene rings is 1. The first kappa shape index (κ1) is 24.0. The van der Waals surface area contributed by atoms with Crippen molar-refractivity contribution in [3.63, 3.8) is 0 Å². The molecule has 12 heteroatoms. The summed E-state index contributed by atoms with van der Waals surface area (Å²) in [5.41, 5.74) is 6.27. The van der Waals surface area contributed by atoms with Crippen LogP contribution >= 0.6 is 7.82 Å². The van der Waals surface area contributed by atoms with Crippen LogP contribution in [0.5, 0.6) is 0 Å². The van der Waals surface area contributed by atoms with Crippen LogP contribution in [-0.4, -0.2) is 58.0 Å². The lowest BCUT2D eigenvalue weighted by molar-refractivity contribution is -0.238. The van der Waals surface area contributed by atoms with Gasteiger partial charge in [0.2, 0.25) is 6.29 Å². The van der Waals surface area contributed by atoms with E-state index in [2.05, 4.69) is 4.52 Å². The lowest BCUT2D eigenvalue weighted by Gasteiger charge is -2.38. The minimum absolute atomic E-state index is 0.0614. The molecule has 11 nitrogen and oxygen atoms in total. The second-order valence-electron chi connectivity index (χ2n) is 6.53. The molecular formula is C18H24NO10P. The predicted octanol–water partition coefficient (Wildman–Crippen LogP) is 0.889. The van der Waals surface area contributed by atoms with Gasteiger partial charge in [0, 0.05) is 17.7 Å². The Morgan fingerprint density at radius 3 is 2.60 bits per heavy atom. The van der Waals surface area contributed by atoms with E-state index in [1.54, 1.807) is 19.1 Å². The average Bonchev–Trinajstić information content (AvgIpc) is 2.67. The highest BCUT2D eigenvalue weighted by atomic mass is 31.2. The van der Waals surface area contributed by atoms with Crippen molar-refractivity contribution in [3.8, 4) is 0 Å². The molecule has 0 unspecified atom stereocenters. The molecule has 0 aliphatic carbocycles. The van der Waals surface area contributed by atoms with E-state index in [1.807, 2.05) is 0 Å². The Hall–Kier alpha value is -2.27. The van der Waals surface area contributed by atoms with Crippen LogP contribution in [0.25, 0.3) is 0 Å². The number of aliphatic hydroxyl groups excluding tert-OH is 1. The van der Waals surface area contributed by atoms with E-state index >= 15 is 0 Å². The van der Waals surface area contributed by atoms with Crippen molar-refractivity contribution in [1.82, 2.24) is 0 Å². The van der Waals surface area contributed by atoms with Crippen LogP contribution in [0.2, 0.25) is 0 Å². The summed E-state index contributed by atoms with van der Waals surface area (Å²) in [6.45, 7) is 2.69. The van der Waals surface area contributed by atoms with Gasteiger partial charge in [0.15, 0.2) is 0 Å². The Balaban J connectivity index is 2.15. The quantitative estimate of drug-likeness (QED) is 0.203. The highest BCUT2D eigenvalue weighted by Gasteiger charge is 2.43. The minimum Gasteiger partial charge on any atom is -0.459 e. The monoisotopic (exact) mass is 445 g/mol. The van der Waals surface area contributed by atoms with Crippen LogP contribution < -0.4 is 5.73 Å². The number of nitrogens with two attached hydrogens (primary N) is 1. The number of para-hydroxylation sites is 1. The van der Waals surface area contributed by atoms with Crippen LogP contribution in [0, 0.1) is 0 Å². The zero-order valence-corrected chi connectivity index (χ0v) is 17.2. The van der Waals surface area contributed by atoms with Gasteiger partial charge < -0.3 is 34.8 Å². The van der Waals surface area contributed by atoms with Gasteiger partial charge in [-0.3, -0.25) is 4.52 Å². The molecule has 5 N–H and O–H groups in total. The average molecular weight is 445 g/mol. The molecule has 30 heavy (non-hydrogen) atoms. The Morgan fingerprint density at radius 1 is 1.33 bits per heavy atom. The maximum absolute atomic E-state index is 12.4. The van der Waals surface area contributed by atoms with Crippen molar-refractivity contribution in [3.05, 3.63) is 41.5 Å². The summed E-state index contributed by atoms with van der Waals surface area (Å²) in [5, 5.41) is 10.4. The first-order valence-electron chi connectivity index (χ1n) is 8.94. The van der Waals surface area contributed by atoms with E-state index < -0.39 is 51.0 Å². The number of rotatable bonds is 7. The second kappa shape index (κ2) is 10.2. The largest absolute Gasteiger partial charge is 0.469 e. The number of carbonyl (C=O) groups is 2. The normalized spacial score (nSPS) is 24.9. The summed E-state index contributed by atoms with van der Waals surface area (Å²) in [6.07, 6.45) is -4.47. The number of aliphatic hydroxyl groups is 1. The molecular weight excluding hydrogens is 421 g/mol. The standard InChI is InChI=1S/C18H24NO10P/c1-3-10(2)17(21)26-9-14-16(20)13(29-30(23,24)25)8-15(27-14)28-18(22)11-6-4-5-7-12(11)19/h3-7,13-16,20H,8-9,19H2,1-2H3,(H2,23,24,25)/b10-3+/t13-,14-,15+,16+/m1/s1. The lowest BCUT2D eigenvalue weighted by atomic mass is 10.0. The van der Waals surface area contributed by atoms with Crippen molar-refractivity contribution in [2.75, 3.05) is 12.3 Å². The topological polar surface area (TPSA) is 175 Å². The molecule has 0 radical (unpaired) electrons. The SMILES string of the molecule is C/C=C(\C)C(=O)OC[C@H]1O[C@@H](OC(=O)c2ccccc2N)C[C@@H](OP(=O)(O)O)[C@@H]1O. The Labute approximate surface area is 172 Å². The number of phosphoric acid groups is 1. The van der Waals surface area contributed by atoms with Gasteiger partial charge in [-0.1, -0.05) is 18.2 Å². The van der Waals surface area contributed by atoms with Gasteiger partial charge in [-0.2, -0.15) is 0 Å². The maximum Gasteiger partial charge on any atom is 0.469 e. The fourth-order valence-electron chi connectivity index (χ4n) is 2.65. The molecule has 0 saturated carbocycles. The number of allylic oxidation sites excluding steroid dienone is 1. The third-order valence-corrected chi connectivity index (χ3v) is 4.88. The molecule has 1 aromatic rings. The van der Waals surface area contributed by atoms with Gasteiger partial charge in [0.05, 0.1) is 5.56 Å². The molecule has 0 aromatic heterocycles. The molecule has 0 spiro atoms. The molecule has 166 valence electrons. The summed E-state index contributed by atoms with van der Waals surface area (Å²) in [6, 6.07) is 6.12. The van der Waals surface area contributed by atoms with Crippen molar-refractivity contribution in [2.45, 2.75) is 44.9 Å². The van der Waals surface area contributed by atoms with Crippen LogP contribution in [-0.2, 0) is 28.1 Å². The number of hydrogen-bond acceptors (Lipinski definition) is 9. The van der Waals surface area contributed by atoms with Gasteiger partial charge in [0.1, 0.15) is 24.9 Å². The van der Waals surface area contributed by atoms with E-state index in [4.69, 9.17) is 29.7 Å². The summed E-state index contributed by atoms with van der Waals surface area (Å²) in [7, 11) is -4.98. The van der Waals surface area contributed by atoms with E-state index in [1.165, 1.54) is 25.1 Å². The molecule has 1 aliphatic heterocycles. The fraction of sp³-hybridized carbons (Fsp3) is 0.444. The minimum atomic E-state index is -4.98. The number of esters is 2. The molecule has 0 amide bonds. The van der Waals surface area contributed by atoms with Crippen molar-refractivity contribution in [1.29, 1.82) is 0 Å². The van der Waals surface area contributed by atoms with Crippen molar-refractivity contribution in [2.24, 2.45) is 0 Å². The van der Waals surface area contributed by atoms with Crippen molar-refractivity contribution >= 4 is 25.4 Å². The molecule has 1 fully saturated rings. The highest BCUT2D eigenvalue weighted by molar-refractivity contribution is 7.46. The summed E-state index contributed by atoms with van der Waals surface area (Å²) in [5.74, 6) is -1.51. The van der Waals surface area contributed by atoms with Crippen LogP contribution in [0.1, 0.15) is 30.6 Å². The third kappa shape index (κ3) is 6.63. The van der Waals surface area contributed by atoms with Gasteiger partial charge in [-0.05, 0) is 26.0 Å². The smallest absolute Gasteiger partial charge is 0.459 e. The number of ether oxygens (including phenoxy) is 3. The number of hydrogen-bond donors (Lipinski definition) is 4. The van der Waals surface area contributed by atoms with Crippen LogP contribution in [0.15, 0.2) is 35.9 Å². The number of phosphoric ester groups is 1. The zero-order chi connectivity index (χ0) is 22.5. The zero-order valence-electron chi connectivity index (χ0n) is 16.3. The van der Waals surface area contributed by atoms with Gasteiger partial charge in [-0.25, -0.2) is 14.2 Å². The molecule has 1 saturated heterocycles. The molecule has 1 aromatic carbocycles. The molecule has 0 bridgehead atoms. The Morgan fingerprint density at radius 2 is 2.00 bits per heavy atom. The fourth-order valence-corrected chi connectivity index (χ4v) is 3.21. The maximum atomic E-state index is 12.4. The van der Waals surface area contributed by atoms with Crippen molar-refractivity contribution < 1.29 is 47.8 Å². The molecule has 2 rings (SSSR count). The highest BCUT2D eigenvalue weighted by Crippen LogP contribution is 2.41.